The molecule has 0 aliphatic heterocycles. The first-order valence-electron chi connectivity index (χ1n) is 10.6. The Balaban J connectivity index is 1.53. The van der Waals surface area contributed by atoms with E-state index >= 15 is 0 Å². The predicted molar refractivity (Wildman–Crippen MR) is 129 cm³/mol. The maximum atomic E-state index is 12.6. The summed E-state index contributed by atoms with van der Waals surface area (Å²) in [6.45, 7) is 1.58. The molecule has 170 valence electrons. The number of ether oxygens (including phenoxy) is 3. The van der Waals surface area contributed by atoms with Crippen LogP contribution in [-0.2, 0) is 13.1 Å². The van der Waals surface area contributed by atoms with Crippen molar-refractivity contribution in [3.63, 3.8) is 0 Å². The maximum Gasteiger partial charge on any atom is 0.344 e. The topological polar surface area (TPSA) is 61.1 Å². The fraction of sp³-hybridized carbons (Fsp3) is 0.222. The van der Waals surface area contributed by atoms with Gasteiger partial charge in [0.2, 0.25) is 0 Å². The van der Waals surface area contributed by atoms with Gasteiger partial charge in [0, 0.05) is 24.5 Å². The Morgan fingerprint density at radius 1 is 0.788 bits per heavy atom. The van der Waals surface area contributed by atoms with Gasteiger partial charge < -0.3 is 18.6 Å². The third-order valence-corrected chi connectivity index (χ3v) is 5.54. The van der Waals surface area contributed by atoms with E-state index in [2.05, 4.69) is 18.0 Å². The van der Waals surface area contributed by atoms with Crippen molar-refractivity contribution in [3.05, 3.63) is 88.3 Å². The summed E-state index contributed by atoms with van der Waals surface area (Å²) in [5.41, 5.74) is 3.72. The van der Waals surface area contributed by atoms with Gasteiger partial charge in [-0.3, -0.25) is 4.90 Å². The highest BCUT2D eigenvalue weighted by Gasteiger charge is 2.12. The van der Waals surface area contributed by atoms with Gasteiger partial charge in [-0.05, 0) is 48.0 Å². The van der Waals surface area contributed by atoms with Crippen molar-refractivity contribution in [1.29, 1.82) is 0 Å². The number of rotatable bonds is 8. The molecule has 0 fully saturated rings. The van der Waals surface area contributed by atoms with Crippen molar-refractivity contribution >= 4 is 11.0 Å². The van der Waals surface area contributed by atoms with Gasteiger partial charge in [-0.1, -0.05) is 36.4 Å². The standard InChI is InChI=1S/C27H27NO5/c1-28(17-19-6-5-7-22(12-19)30-2)16-18-8-10-20(11-9-18)23-13-21-14-25(31-3)26(32-4)15-24(21)33-27(23)29/h5-15H,16-17H2,1-4H3. The zero-order chi connectivity index (χ0) is 23.4. The summed E-state index contributed by atoms with van der Waals surface area (Å²) >= 11 is 0. The van der Waals surface area contributed by atoms with Crippen LogP contribution >= 0.6 is 0 Å². The maximum absolute atomic E-state index is 12.6. The molecule has 0 bridgehead atoms. The Morgan fingerprint density at radius 3 is 2.18 bits per heavy atom. The number of methoxy groups -OCH3 is 3. The molecule has 3 aromatic carbocycles. The normalized spacial score (nSPS) is 11.1. The monoisotopic (exact) mass is 445 g/mol. The van der Waals surface area contributed by atoms with Gasteiger partial charge in [-0.25, -0.2) is 4.79 Å². The van der Waals surface area contributed by atoms with Crippen LogP contribution in [0.4, 0.5) is 0 Å². The fourth-order valence-electron chi connectivity index (χ4n) is 3.89. The molecule has 0 saturated carbocycles. The van der Waals surface area contributed by atoms with E-state index in [0.29, 0.717) is 22.6 Å². The van der Waals surface area contributed by atoms with Crippen molar-refractivity contribution in [3.8, 4) is 28.4 Å². The molecular formula is C27H27NO5. The van der Waals surface area contributed by atoms with Crippen molar-refractivity contribution in [2.45, 2.75) is 13.1 Å². The van der Waals surface area contributed by atoms with E-state index < -0.39 is 5.63 Å². The summed E-state index contributed by atoms with van der Waals surface area (Å²) in [6.07, 6.45) is 0. The molecule has 1 aromatic heterocycles. The van der Waals surface area contributed by atoms with Gasteiger partial charge in [-0.2, -0.15) is 0 Å². The van der Waals surface area contributed by atoms with Crippen LogP contribution in [0.25, 0.3) is 22.1 Å². The lowest BCUT2D eigenvalue weighted by Crippen LogP contribution is -2.17. The van der Waals surface area contributed by atoms with Crippen LogP contribution in [0, 0.1) is 0 Å². The summed E-state index contributed by atoms with van der Waals surface area (Å²) in [5.74, 6) is 1.96. The van der Waals surface area contributed by atoms with Crippen LogP contribution < -0.4 is 19.8 Å². The molecule has 0 saturated heterocycles. The third-order valence-electron chi connectivity index (χ3n) is 5.54. The van der Waals surface area contributed by atoms with Gasteiger partial charge in [-0.15, -0.1) is 0 Å². The minimum atomic E-state index is -0.391. The van der Waals surface area contributed by atoms with Crippen molar-refractivity contribution in [1.82, 2.24) is 4.90 Å². The molecule has 0 aliphatic carbocycles. The largest absolute Gasteiger partial charge is 0.497 e. The molecule has 4 aromatic rings. The van der Waals surface area contributed by atoms with E-state index in [1.165, 1.54) is 5.56 Å². The molecule has 4 rings (SSSR count). The Labute approximate surface area is 192 Å². The summed E-state index contributed by atoms with van der Waals surface area (Å²) in [7, 11) is 6.88. The lowest BCUT2D eigenvalue weighted by Gasteiger charge is -2.17. The van der Waals surface area contributed by atoms with E-state index in [1.807, 2.05) is 54.6 Å². The van der Waals surface area contributed by atoms with Gasteiger partial charge in [0.15, 0.2) is 11.5 Å². The molecule has 6 nitrogen and oxygen atoms in total. The van der Waals surface area contributed by atoms with Crippen LogP contribution in [0.1, 0.15) is 11.1 Å². The minimum absolute atomic E-state index is 0.391. The summed E-state index contributed by atoms with van der Waals surface area (Å²) in [6, 6.07) is 21.4. The molecular weight excluding hydrogens is 418 g/mol. The van der Waals surface area contributed by atoms with Crippen LogP contribution in [0.5, 0.6) is 17.2 Å². The lowest BCUT2D eigenvalue weighted by molar-refractivity contribution is 0.318. The Morgan fingerprint density at radius 2 is 1.48 bits per heavy atom. The summed E-state index contributed by atoms with van der Waals surface area (Å²) in [5, 5.41) is 0.768. The molecule has 0 unspecified atom stereocenters. The van der Waals surface area contributed by atoms with E-state index in [4.69, 9.17) is 18.6 Å². The second kappa shape index (κ2) is 9.79. The number of hydrogen-bond donors (Lipinski definition) is 0. The average Bonchev–Trinajstić information content (AvgIpc) is 2.83. The van der Waals surface area contributed by atoms with Crippen molar-refractivity contribution in [2.24, 2.45) is 0 Å². The lowest BCUT2D eigenvalue weighted by atomic mass is 10.0. The number of benzene rings is 3. The number of nitrogens with zero attached hydrogens (tertiary/aromatic N) is 1. The molecule has 0 radical (unpaired) electrons. The van der Waals surface area contributed by atoms with E-state index in [0.717, 1.165) is 35.4 Å². The Hall–Kier alpha value is -3.77. The van der Waals surface area contributed by atoms with E-state index in [1.54, 1.807) is 27.4 Å². The number of fused-ring (bicyclic) bond motifs is 1. The highest BCUT2D eigenvalue weighted by Crippen LogP contribution is 2.33. The van der Waals surface area contributed by atoms with E-state index in [-0.39, 0.29) is 0 Å². The van der Waals surface area contributed by atoms with Gasteiger partial charge in [0.25, 0.3) is 0 Å². The Bertz CT molecular complexity index is 1310. The first-order chi connectivity index (χ1) is 16.0. The summed E-state index contributed by atoms with van der Waals surface area (Å²) < 4.78 is 21.5. The highest BCUT2D eigenvalue weighted by molar-refractivity contribution is 5.84. The second-order valence-electron chi connectivity index (χ2n) is 7.91. The van der Waals surface area contributed by atoms with Crippen LogP contribution in [0.2, 0.25) is 0 Å². The molecule has 6 heteroatoms. The van der Waals surface area contributed by atoms with Gasteiger partial charge in [0.05, 0.1) is 26.9 Å². The van der Waals surface area contributed by atoms with Crippen LogP contribution in [-0.4, -0.2) is 33.3 Å². The SMILES string of the molecule is COc1cccc(CN(C)Cc2ccc(-c3cc4cc(OC)c(OC)cc4oc3=O)cc2)c1. The second-order valence-corrected chi connectivity index (χ2v) is 7.91. The third kappa shape index (κ3) is 5.02. The molecule has 33 heavy (non-hydrogen) atoms. The molecule has 1 heterocycles. The molecule has 0 aliphatic rings. The van der Waals surface area contributed by atoms with E-state index in [9.17, 15) is 4.79 Å². The molecule has 0 atom stereocenters. The highest BCUT2D eigenvalue weighted by atomic mass is 16.5. The zero-order valence-electron chi connectivity index (χ0n) is 19.3. The van der Waals surface area contributed by atoms with Crippen molar-refractivity contribution < 1.29 is 18.6 Å². The minimum Gasteiger partial charge on any atom is -0.497 e. The molecule has 0 spiro atoms. The predicted octanol–water partition coefficient (Wildman–Crippen LogP) is 5.12. The first-order valence-corrected chi connectivity index (χ1v) is 10.6. The quantitative estimate of drug-likeness (QED) is 0.351. The van der Waals surface area contributed by atoms with Crippen LogP contribution in [0.15, 0.2) is 75.9 Å². The zero-order valence-corrected chi connectivity index (χ0v) is 19.3. The van der Waals surface area contributed by atoms with Gasteiger partial charge in [0.1, 0.15) is 11.3 Å². The smallest absolute Gasteiger partial charge is 0.344 e. The van der Waals surface area contributed by atoms with Crippen LogP contribution in [0.3, 0.4) is 0 Å². The number of hydrogen-bond acceptors (Lipinski definition) is 6. The molecule has 0 N–H and O–H groups in total. The van der Waals surface area contributed by atoms with Crippen molar-refractivity contribution in [2.75, 3.05) is 28.4 Å². The molecule has 0 amide bonds. The van der Waals surface area contributed by atoms with Gasteiger partial charge >= 0.3 is 5.63 Å². The fourth-order valence-corrected chi connectivity index (χ4v) is 3.89. The summed E-state index contributed by atoms with van der Waals surface area (Å²) in [4.78, 5) is 14.9. The average molecular weight is 446 g/mol. The first kappa shape index (κ1) is 22.4. The Kier molecular flexibility index (Phi) is 6.66.